The summed E-state index contributed by atoms with van der Waals surface area (Å²) in [7, 11) is 0. The molecule has 0 bridgehead atoms. The van der Waals surface area contributed by atoms with E-state index in [1.807, 2.05) is 18.2 Å². The number of hydrogen-bond acceptors (Lipinski definition) is 3. The summed E-state index contributed by atoms with van der Waals surface area (Å²) in [6.07, 6.45) is 1.41. The maximum Gasteiger partial charge on any atom is 0.318 e. The Hall–Kier alpha value is -2.76. The van der Waals surface area contributed by atoms with Gasteiger partial charge in [0.25, 0.3) is 0 Å². The molecule has 2 aliphatic rings. The Labute approximate surface area is 152 Å². The number of phenols is 1. The van der Waals surface area contributed by atoms with Gasteiger partial charge in [-0.25, -0.2) is 9.18 Å². The van der Waals surface area contributed by atoms with Crippen LogP contribution in [0.1, 0.15) is 23.6 Å². The zero-order valence-electron chi connectivity index (χ0n) is 14.5. The maximum absolute atomic E-state index is 13.8. The van der Waals surface area contributed by atoms with Crippen LogP contribution in [0.25, 0.3) is 0 Å². The number of fused-ring (bicyclic) bond motifs is 1. The van der Waals surface area contributed by atoms with Gasteiger partial charge in [0, 0.05) is 37.9 Å². The molecule has 1 unspecified atom stereocenters. The number of phenolic OH excluding ortho intramolecular Hbond substituents is 1. The molecule has 0 spiro atoms. The lowest BCUT2D eigenvalue weighted by Gasteiger charge is -2.36. The fourth-order valence-corrected chi connectivity index (χ4v) is 3.86. The van der Waals surface area contributed by atoms with E-state index in [-0.39, 0.29) is 23.6 Å². The van der Waals surface area contributed by atoms with Crippen LogP contribution in [0.4, 0.5) is 14.9 Å². The first-order valence-electron chi connectivity index (χ1n) is 8.98. The summed E-state index contributed by atoms with van der Waals surface area (Å²) in [5, 5.41) is 12.7. The summed E-state index contributed by atoms with van der Waals surface area (Å²) in [6, 6.07) is 12.0. The van der Waals surface area contributed by atoms with E-state index in [1.54, 1.807) is 23.1 Å². The first-order chi connectivity index (χ1) is 12.6. The van der Waals surface area contributed by atoms with Gasteiger partial charge in [0.1, 0.15) is 11.6 Å². The van der Waals surface area contributed by atoms with Crippen molar-refractivity contribution in [2.75, 3.05) is 31.1 Å². The molecule has 1 fully saturated rings. The van der Waals surface area contributed by atoms with Crippen LogP contribution in [0, 0.1) is 5.82 Å². The van der Waals surface area contributed by atoms with Crippen molar-refractivity contribution in [3.63, 3.8) is 0 Å². The van der Waals surface area contributed by atoms with Crippen molar-refractivity contribution in [2.24, 2.45) is 0 Å². The molecule has 6 heteroatoms. The highest BCUT2D eigenvalue weighted by Crippen LogP contribution is 2.32. The normalized spacial score (nSPS) is 19.3. The van der Waals surface area contributed by atoms with Crippen molar-refractivity contribution < 1.29 is 14.3 Å². The van der Waals surface area contributed by atoms with Gasteiger partial charge in [0.2, 0.25) is 0 Å². The smallest absolute Gasteiger partial charge is 0.318 e. The Morgan fingerprint density at radius 3 is 2.65 bits per heavy atom. The Kier molecular flexibility index (Phi) is 4.41. The molecule has 1 aliphatic carbocycles. The monoisotopic (exact) mass is 355 g/mol. The van der Waals surface area contributed by atoms with Crippen molar-refractivity contribution >= 4 is 11.7 Å². The van der Waals surface area contributed by atoms with Gasteiger partial charge < -0.3 is 20.2 Å². The highest BCUT2D eigenvalue weighted by molar-refractivity contribution is 5.75. The molecular formula is C20H22FN3O2. The van der Waals surface area contributed by atoms with E-state index < -0.39 is 0 Å². The minimum absolute atomic E-state index is 0.0947. The number of halogens is 1. The van der Waals surface area contributed by atoms with E-state index >= 15 is 0 Å². The Balaban J connectivity index is 1.36. The third-order valence-corrected chi connectivity index (χ3v) is 5.27. The van der Waals surface area contributed by atoms with Crippen LogP contribution >= 0.6 is 0 Å². The van der Waals surface area contributed by atoms with Crippen LogP contribution < -0.4 is 10.2 Å². The summed E-state index contributed by atoms with van der Waals surface area (Å²) < 4.78 is 13.8. The maximum atomic E-state index is 13.8. The van der Waals surface area contributed by atoms with Crippen molar-refractivity contribution in [1.82, 2.24) is 10.2 Å². The second-order valence-corrected chi connectivity index (χ2v) is 6.84. The van der Waals surface area contributed by atoms with E-state index in [2.05, 4.69) is 10.2 Å². The van der Waals surface area contributed by atoms with E-state index in [9.17, 15) is 14.3 Å². The van der Waals surface area contributed by atoms with Crippen LogP contribution in [0.2, 0.25) is 0 Å². The molecule has 5 nitrogen and oxygen atoms in total. The molecule has 2 aromatic rings. The van der Waals surface area contributed by atoms with Crippen LogP contribution in [0.15, 0.2) is 42.5 Å². The highest BCUT2D eigenvalue weighted by Gasteiger charge is 2.29. The fourth-order valence-electron chi connectivity index (χ4n) is 3.86. The molecule has 26 heavy (non-hydrogen) atoms. The number of nitrogens with zero attached hydrogens (tertiary/aromatic N) is 2. The van der Waals surface area contributed by atoms with Gasteiger partial charge in [-0.1, -0.05) is 18.2 Å². The van der Waals surface area contributed by atoms with Crippen LogP contribution in [0.3, 0.4) is 0 Å². The largest absolute Gasteiger partial charge is 0.508 e. The molecule has 2 aromatic carbocycles. The average molecular weight is 355 g/mol. The van der Waals surface area contributed by atoms with E-state index in [1.165, 1.54) is 6.07 Å². The van der Waals surface area contributed by atoms with E-state index in [4.69, 9.17) is 0 Å². The predicted molar refractivity (Wildman–Crippen MR) is 97.9 cm³/mol. The predicted octanol–water partition coefficient (Wildman–Crippen LogP) is 3.05. The van der Waals surface area contributed by atoms with Gasteiger partial charge in [-0.05, 0) is 42.2 Å². The number of urea groups is 1. The van der Waals surface area contributed by atoms with Gasteiger partial charge >= 0.3 is 6.03 Å². The molecule has 2 amide bonds. The van der Waals surface area contributed by atoms with Gasteiger partial charge in [-0.15, -0.1) is 0 Å². The van der Waals surface area contributed by atoms with Crippen LogP contribution in [0.5, 0.6) is 5.75 Å². The lowest BCUT2D eigenvalue weighted by Crippen LogP contribution is -2.52. The first-order valence-corrected chi connectivity index (χ1v) is 8.98. The number of benzene rings is 2. The second-order valence-electron chi connectivity index (χ2n) is 6.84. The lowest BCUT2D eigenvalue weighted by molar-refractivity contribution is 0.190. The summed E-state index contributed by atoms with van der Waals surface area (Å²) >= 11 is 0. The average Bonchev–Trinajstić information content (AvgIpc) is 3.06. The molecule has 4 rings (SSSR count). The Morgan fingerprint density at radius 2 is 1.88 bits per heavy atom. The molecule has 0 aromatic heterocycles. The number of rotatable bonds is 2. The van der Waals surface area contributed by atoms with Gasteiger partial charge in [0.05, 0.1) is 6.04 Å². The SMILES string of the molecule is O=C(NC1CCc2c(F)cccc21)N1CCN(c2cccc(O)c2)CC1. The van der Waals surface area contributed by atoms with Gasteiger partial charge in [0.15, 0.2) is 0 Å². The molecule has 1 heterocycles. The van der Waals surface area contributed by atoms with E-state index in [0.717, 1.165) is 23.2 Å². The van der Waals surface area contributed by atoms with E-state index in [0.29, 0.717) is 32.6 Å². The number of carbonyl (C=O) groups is 1. The van der Waals surface area contributed by atoms with Crippen LogP contribution in [-0.2, 0) is 6.42 Å². The molecule has 2 N–H and O–H groups in total. The summed E-state index contributed by atoms with van der Waals surface area (Å²) in [4.78, 5) is 16.6. The number of piperazine rings is 1. The van der Waals surface area contributed by atoms with Gasteiger partial charge in [-0.2, -0.15) is 0 Å². The molecular weight excluding hydrogens is 333 g/mol. The number of hydrogen-bond donors (Lipinski definition) is 2. The Bertz CT molecular complexity index is 818. The quantitative estimate of drug-likeness (QED) is 0.871. The molecule has 1 aliphatic heterocycles. The summed E-state index contributed by atoms with van der Waals surface area (Å²) in [5.74, 6) is 0.0637. The van der Waals surface area contributed by atoms with Crippen molar-refractivity contribution in [3.8, 4) is 5.75 Å². The third kappa shape index (κ3) is 3.19. The minimum Gasteiger partial charge on any atom is -0.508 e. The molecule has 1 atom stereocenters. The molecule has 0 radical (unpaired) electrons. The molecule has 1 saturated heterocycles. The van der Waals surface area contributed by atoms with Crippen molar-refractivity contribution in [2.45, 2.75) is 18.9 Å². The fraction of sp³-hybridized carbons (Fsp3) is 0.350. The third-order valence-electron chi connectivity index (χ3n) is 5.27. The summed E-state index contributed by atoms with van der Waals surface area (Å²) in [5.41, 5.74) is 2.59. The lowest BCUT2D eigenvalue weighted by atomic mass is 10.1. The Morgan fingerprint density at radius 1 is 1.12 bits per heavy atom. The zero-order valence-corrected chi connectivity index (χ0v) is 14.5. The number of nitrogens with one attached hydrogen (secondary N) is 1. The molecule has 136 valence electrons. The number of aromatic hydroxyl groups is 1. The highest BCUT2D eigenvalue weighted by atomic mass is 19.1. The van der Waals surface area contributed by atoms with Crippen LogP contribution in [-0.4, -0.2) is 42.2 Å². The van der Waals surface area contributed by atoms with Crippen molar-refractivity contribution in [1.29, 1.82) is 0 Å². The topological polar surface area (TPSA) is 55.8 Å². The zero-order chi connectivity index (χ0) is 18.1. The minimum atomic E-state index is -0.182. The second kappa shape index (κ2) is 6.86. The van der Waals surface area contributed by atoms with Crippen molar-refractivity contribution in [3.05, 3.63) is 59.4 Å². The number of amides is 2. The molecule has 0 saturated carbocycles. The number of carbonyl (C=O) groups excluding carboxylic acids is 1. The first kappa shape index (κ1) is 16.7. The van der Waals surface area contributed by atoms with Gasteiger partial charge in [-0.3, -0.25) is 0 Å². The summed E-state index contributed by atoms with van der Waals surface area (Å²) in [6.45, 7) is 2.66. The standard InChI is InChI=1S/C20H22FN3O2/c21-18-6-2-5-17-16(18)7-8-19(17)22-20(26)24-11-9-23(10-12-24)14-3-1-4-15(25)13-14/h1-6,13,19,25H,7-12H2,(H,22,26). The number of anilines is 1.